The molecule has 0 aromatic heterocycles. The Morgan fingerprint density at radius 1 is 1.11 bits per heavy atom. The van der Waals surface area contributed by atoms with Gasteiger partial charge in [0.15, 0.2) is 0 Å². The molecule has 1 nitrogen and oxygen atoms in total. The summed E-state index contributed by atoms with van der Waals surface area (Å²) in [5, 5.41) is 0. The lowest BCUT2D eigenvalue weighted by atomic mass is 9.54. The van der Waals surface area contributed by atoms with Crippen molar-refractivity contribution >= 4 is 0 Å². The molecule has 2 N–H and O–H groups in total. The van der Waals surface area contributed by atoms with E-state index < -0.39 is 0 Å². The number of hydrogen-bond donors (Lipinski definition) is 1. The van der Waals surface area contributed by atoms with E-state index in [1.54, 1.807) is 0 Å². The van der Waals surface area contributed by atoms with Gasteiger partial charge in [-0.3, -0.25) is 0 Å². The fraction of sp³-hybridized carbons (Fsp3) is 1.00. The highest BCUT2D eigenvalue weighted by molar-refractivity contribution is 5.09. The van der Waals surface area contributed by atoms with Crippen LogP contribution >= 0.6 is 0 Å². The highest BCUT2D eigenvalue weighted by atomic mass is 14.8. The van der Waals surface area contributed by atoms with Crippen molar-refractivity contribution in [1.29, 1.82) is 0 Å². The van der Waals surface area contributed by atoms with Gasteiger partial charge in [-0.05, 0) is 67.6 Å². The Hall–Kier alpha value is -0.0400. The van der Waals surface area contributed by atoms with Crippen LogP contribution in [0.5, 0.6) is 0 Å². The van der Waals surface area contributed by atoms with E-state index in [2.05, 4.69) is 41.5 Å². The Balaban J connectivity index is 2.27. The Bertz CT molecular complexity index is 312. The molecule has 0 bridgehead atoms. The van der Waals surface area contributed by atoms with Crippen LogP contribution in [-0.2, 0) is 0 Å². The van der Waals surface area contributed by atoms with E-state index in [0.29, 0.717) is 10.8 Å². The van der Waals surface area contributed by atoms with E-state index in [4.69, 9.17) is 5.73 Å². The molecule has 0 radical (unpaired) electrons. The fourth-order valence-corrected chi connectivity index (χ4v) is 5.22. The van der Waals surface area contributed by atoms with Gasteiger partial charge >= 0.3 is 0 Å². The van der Waals surface area contributed by atoms with Gasteiger partial charge in [0.2, 0.25) is 0 Å². The van der Waals surface area contributed by atoms with Gasteiger partial charge in [-0.15, -0.1) is 0 Å². The first-order valence-corrected chi connectivity index (χ1v) is 7.85. The van der Waals surface area contributed by atoms with Gasteiger partial charge in [-0.1, -0.05) is 34.6 Å². The maximum absolute atomic E-state index is 6.72. The highest BCUT2D eigenvalue weighted by Gasteiger charge is 2.57. The second kappa shape index (κ2) is 4.23. The van der Waals surface area contributed by atoms with Crippen molar-refractivity contribution in [3.8, 4) is 0 Å². The smallest absolute Gasteiger partial charge is 0.0162 e. The SMILES string of the molecule is CC1CC[C@](C)(N)[C@@H]2[C@@H](CC(C)(C)C)CCC12C. The van der Waals surface area contributed by atoms with Gasteiger partial charge < -0.3 is 5.73 Å². The summed E-state index contributed by atoms with van der Waals surface area (Å²) in [4.78, 5) is 0. The maximum Gasteiger partial charge on any atom is 0.0162 e. The van der Waals surface area contributed by atoms with Crippen molar-refractivity contribution < 1.29 is 0 Å². The monoisotopic (exact) mass is 251 g/mol. The average Bonchev–Trinajstić information content (AvgIpc) is 2.51. The first-order chi connectivity index (χ1) is 8.06. The number of hydrogen-bond acceptors (Lipinski definition) is 1. The summed E-state index contributed by atoms with van der Waals surface area (Å²) in [6.07, 6.45) is 6.67. The second-order valence-electron chi connectivity index (χ2n) is 8.99. The molecule has 0 saturated heterocycles. The summed E-state index contributed by atoms with van der Waals surface area (Å²) in [5.74, 6) is 2.42. The first kappa shape index (κ1) is 14.4. The van der Waals surface area contributed by atoms with Gasteiger partial charge in [0.25, 0.3) is 0 Å². The van der Waals surface area contributed by atoms with Crippen LogP contribution < -0.4 is 5.73 Å². The Labute approximate surface area is 114 Å². The average molecular weight is 251 g/mol. The van der Waals surface area contributed by atoms with Crippen LogP contribution in [-0.4, -0.2) is 5.54 Å². The third-order valence-corrected chi connectivity index (χ3v) is 6.06. The van der Waals surface area contributed by atoms with Crippen molar-refractivity contribution in [2.75, 3.05) is 0 Å². The standard InChI is InChI=1S/C17H33N/c1-12-7-10-17(6,18)14-13(11-15(2,3)4)8-9-16(12,14)5/h12-14H,7-11,18H2,1-6H3/t12?,13-,14-,16?,17+/m1/s1. The molecule has 2 saturated carbocycles. The van der Waals surface area contributed by atoms with E-state index in [1.807, 2.05) is 0 Å². The third kappa shape index (κ3) is 2.35. The van der Waals surface area contributed by atoms with Crippen LogP contribution in [0.15, 0.2) is 0 Å². The lowest BCUT2D eigenvalue weighted by molar-refractivity contribution is -0.00626. The molecule has 0 aromatic carbocycles. The molecule has 2 unspecified atom stereocenters. The maximum atomic E-state index is 6.72. The zero-order chi connectivity index (χ0) is 13.8. The van der Waals surface area contributed by atoms with E-state index in [1.165, 1.54) is 32.1 Å². The summed E-state index contributed by atoms with van der Waals surface area (Å²) >= 11 is 0. The summed E-state index contributed by atoms with van der Waals surface area (Å²) in [5.41, 5.74) is 7.72. The van der Waals surface area contributed by atoms with Gasteiger partial charge in [0, 0.05) is 5.54 Å². The Morgan fingerprint density at radius 2 is 1.72 bits per heavy atom. The topological polar surface area (TPSA) is 26.0 Å². The molecular weight excluding hydrogens is 218 g/mol. The van der Waals surface area contributed by atoms with Crippen LogP contribution in [0.3, 0.4) is 0 Å². The fourth-order valence-electron chi connectivity index (χ4n) is 5.22. The van der Waals surface area contributed by atoms with Crippen LogP contribution in [0.2, 0.25) is 0 Å². The minimum Gasteiger partial charge on any atom is -0.325 e. The first-order valence-electron chi connectivity index (χ1n) is 7.85. The lowest BCUT2D eigenvalue weighted by Gasteiger charge is -2.53. The van der Waals surface area contributed by atoms with Gasteiger partial charge in [0.05, 0.1) is 0 Å². The van der Waals surface area contributed by atoms with Crippen molar-refractivity contribution in [3.05, 3.63) is 0 Å². The van der Waals surface area contributed by atoms with E-state index in [0.717, 1.165) is 17.8 Å². The van der Waals surface area contributed by atoms with E-state index in [9.17, 15) is 0 Å². The number of fused-ring (bicyclic) bond motifs is 1. The largest absolute Gasteiger partial charge is 0.325 e. The van der Waals surface area contributed by atoms with Gasteiger partial charge in [-0.25, -0.2) is 0 Å². The number of nitrogens with two attached hydrogens (primary N) is 1. The van der Waals surface area contributed by atoms with Gasteiger partial charge in [-0.2, -0.15) is 0 Å². The molecule has 0 heterocycles. The molecule has 0 aromatic rings. The molecule has 2 fully saturated rings. The van der Waals surface area contributed by atoms with Crippen LogP contribution in [0, 0.1) is 28.6 Å². The third-order valence-electron chi connectivity index (χ3n) is 6.06. The zero-order valence-corrected chi connectivity index (χ0v) is 13.3. The Morgan fingerprint density at radius 3 is 2.28 bits per heavy atom. The summed E-state index contributed by atoms with van der Waals surface area (Å²) in [7, 11) is 0. The molecule has 2 aliphatic carbocycles. The predicted octanol–water partition coefficient (Wildman–Crippen LogP) is 4.60. The predicted molar refractivity (Wildman–Crippen MR) is 79.4 cm³/mol. The minimum absolute atomic E-state index is 0.0632. The normalized spacial score (nSPS) is 49.2. The van der Waals surface area contributed by atoms with Crippen molar-refractivity contribution in [1.82, 2.24) is 0 Å². The van der Waals surface area contributed by atoms with E-state index >= 15 is 0 Å². The molecule has 106 valence electrons. The van der Waals surface area contributed by atoms with Crippen LogP contribution in [0.1, 0.15) is 73.6 Å². The zero-order valence-electron chi connectivity index (χ0n) is 13.3. The van der Waals surface area contributed by atoms with E-state index in [-0.39, 0.29) is 5.54 Å². The second-order valence-corrected chi connectivity index (χ2v) is 8.99. The molecule has 5 atom stereocenters. The van der Waals surface area contributed by atoms with Crippen molar-refractivity contribution in [2.45, 2.75) is 79.2 Å². The molecule has 0 aliphatic heterocycles. The molecule has 18 heavy (non-hydrogen) atoms. The summed E-state index contributed by atoms with van der Waals surface area (Å²) in [6, 6.07) is 0. The summed E-state index contributed by atoms with van der Waals surface area (Å²) in [6.45, 7) is 14.4. The number of rotatable bonds is 1. The molecule has 2 aliphatic rings. The Kier molecular flexibility index (Phi) is 3.38. The molecule has 1 heteroatoms. The van der Waals surface area contributed by atoms with Crippen LogP contribution in [0.25, 0.3) is 0 Å². The quantitative estimate of drug-likeness (QED) is 0.724. The molecule has 0 amide bonds. The minimum atomic E-state index is 0.0632. The van der Waals surface area contributed by atoms with Crippen molar-refractivity contribution in [3.63, 3.8) is 0 Å². The molecule has 2 rings (SSSR count). The van der Waals surface area contributed by atoms with Crippen LogP contribution in [0.4, 0.5) is 0 Å². The highest BCUT2D eigenvalue weighted by Crippen LogP contribution is 2.61. The lowest BCUT2D eigenvalue weighted by Crippen LogP contribution is -2.56. The molecule has 0 spiro atoms. The van der Waals surface area contributed by atoms with Gasteiger partial charge in [0.1, 0.15) is 0 Å². The summed E-state index contributed by atoms with van der Waals surface area (Å²) < 4.78 is 0. The molecular formula is C17H33N. The van der Waals surface area contributed by atoms with Crippen molar-refractivity contribution in [2.24, 2.45) is 34.3 Å².